The summed E-state index contributed by atoms with van der Waals surface area (Å²) in [6, 6.07) is 0. The summed E-state index contributed by atoms with van der Waals surface area (Å²) in [5, 5.41) is 0. The number of hydrogen-bond acceptors (Lipinski definition) is 2. The molecule has 10 heavy (non-hydrogen) atoms. The summed E-state index contributed by atoms with van der Waals surface area (Å²) in [5.41, 5.74) is 0. The molecule has 1 aliphatic heterocycles. The van der Waals surface area contributed by atoms with Crippen molar-refractivity contribution >= 4 is 23.1 Å². The van der Waals surface area contributed by atoms with Gasteiger partial charge in [-0.1, -0.05) is 0 Å². The molecule has 2 nitrogen and oxygen atoms in total. The van der Waals surface area contributed by atoms with Crippen LogP contribution in [-0.2, 0) is 9.47 Å². The van der Waals surface area contributed by atoms with E-state index < -0.39 is 0 Å². The quantitative estimate of drug-likeness (QED) is 0.326. The van der Waals surface area contributed by atoms with Crippen LogP contribution in [-0.4, -0.2) is 42.6 Å². The average molecular weight is 175 g/mol. The Kier molecular flexibility index (Phi) is 11.0. The summed E-state index contributed by atoms with van der Waals surface area (Å²) in [6.07, 6.45) is 1.72. The molecule has 0 saturated carbocycles. The maximum Gasteiger partial charge on any atom is 2.00 e. The number of halogens is 1. The van der Waals surface area contributed by atoms with Gasteiger partial charge < -0.3 is 28.8 Å². The number of rotatable bonds is 1. The van der Waals surface area contributed by atoms with Crippen LogP contribution in [0.25, 0.3) is 0 Å². The summed E-state index contributed by atoms with van der Waals surface area (Å²) in [6.45, 7) is 5.33. The number of hydrogen-bond donors (Lipinski definition) is 0. The van der Waals surface area contributed by atoms with Crippen LogP contribution in [0, 0.1) is 6.92 Å². The minimum Gasteiger partial charge on any atom is -1.00 e. The van der Waals surface area contributed by atoms with E-state index in [1.807, 2.05) is 0 Å². The summed E-state index contributed by atoms with van der Waals surface area (Å²) in [7, 11) is 0. The van der Waals surface area contributed by atoms with Crippen LogP contribution in [0.1, 0.15) is 12.8 Å². The molecule has 1 aliphatic rings. The van der Waals surface area contributed by atoms with Gasteiger partial charge in [0.1, 0.15) is 6.29 Å². The maximum atomic E-state index is 5.14. The average Bonchev–Trinajstić information content (AvgIpc) is 1.90. The molecule has 0 radical (unpaired) electrons. The predicted octanol–water partition coefficient (Wildman–Crippen LogP) is -2.40. The Hall–Kier alpha value is 0.976. The fourth-order valence-electron chi connectivity index (χ4n) is 0.703. The van der Waals surface area contributed by atoms with Gasteiger partial charge in [-0.15, -0.1) is 6.42 Å². The van der Waals surface area contributed by atoms with Crippen molar-refractivity contribution in [2.24, 2.45) is 0 Å². The third-order valence-corrected chi connectivity index (χ3v) is 1.13. The second kappa shape index (κ2) is 8.08. The Morgan fingerprint density at radius 1 is 1.30 bits per heavy atom. The SMILES string of the molecule is [CH2-]CC1OCCCO1.[Cl-].[Mg+2]. The maximum absolute atomic E-state index is 5.14. The molecule has 0 atom stereocenters. The molecule has 0 aromatic carbocycles. The first-order chi connectivity index (χ1) is 3.93. The van der Waals surface area contributed by atoms with Crippen molar-refractivity contribution in [1.82, 2.24) is 0 Å². The monoisotopic (exact) mass is 174 g/mol. The zero-order chi connectivity index (χ0) is 5.82. The number of ether oxygens (including phenoxy) is 2. The molecule has 1 saturated heterocycles. The van der Waals surface area contributed by atoms with Crippen LogP contribution in [0.5, 0.6) is 0 Å². The molecule has 1 heterocycles. The molecule has 0 aromatic rings. The Labute approximate surface area is 84.2 Å². The molecule has 0 N–H and O–H groups in total. The summed E-state index contributed by atoms with van der Waals surface area (Å²) >= 11 is 0. The van der Waals surface area contributed by atoms with Crippen LogP contribution >= 0.6 is 0 Å². The van der Waals surface area contributed by atoms with Gasteiger partial charge in [0.2, 0.25) is 0 Å². The third kappa shape index (κ3) is 4.74. The molecule has 1 fully saturated rings. The van der Waals surface area contributed by atoms with Gasteiger partial charge in [0.15, 0.2) is 0 Å². The van der Waals surface area contributed by atoms with Crippen LogP contribution < -0.4 is 12.4 Å². The van der Waals surface area contributed by atoms with E-state index in [9.17, 15) is 0 Å². The van der Waals surface area contributed by atoms with Crippen LogP contribution in [0.15, 0.2) is 0 Å². The van der Waals surface area contributed by atoms with E-state index in [0.29, 0.717) is 0 Å². The molecule has 0 amide bonds. The van der Waals surface area contributed by atoms with Crippen LogP contribution in [0.2, 0.25) is 0 Å². The first-order valence-electron chi connectivity index (χ1n) is 2.96. The summed E-state index contributed by atoms with van der Waals surface area (Å²) < 4.78 is 10.3. The van der Waals surface area contributed by atoms with E-state index in [1.54, 1.807) is 0 Å². The molecule has 0 aromatic heterocycles. The third-order valence-electron chi connectivity index (χ3n) is 1.13. The molecule has 56 valence electrons. The molecule has 1 rings (SSSR count). The van der Waals surface area contributed by atoms with E-state index in [1.165, 1.54) is 0 Å². The second-order valence-electron chi connectivity index (χ2n) is 1.81. The topological polar surface area (TPSA) is 18.5 Å². The van der Waals surface area contributed by atoms with Crippen molar-refractivity contribution in [3.05, 3.63) is 6.92 Å². The van der Waals surface area contributed by atoms with Gasteiger partial charge in [-0.05, 0) is 6.42 Å². The summed E-state index contributed by atoms with van der Waals surface area (Å²) in [5.74, 6) is 0. The zero-order valence-electron chi connectivity index (χ0n) is 6.01. The first-order valence-corrected chi connectivity index (χ1v) is 2.96. The van der Waals surface area contributed by atoms with Crippen molar-refractivity contribution in [2.75, 3.05) is 13.2 Å². The van der Waals surface area contributed by atoms with E-state index in [0.717, 1.165) is 26.1 Å². The van der Waals surface area contributed by atoms with Crippen molar-refractivity contribution in [2.45, 2.75) is 19.1 Å². The van der Waals surface area contributed by atoms with E-state index in [2.05, 4.69) is 6.92 Å². The largest absolute Gasteiger partial charge is 2.00 e. The molecule has 4 heteroatoms. The van der Waals surface area contributed by atoms with Crippen molar-refractivity contribution in [1.29, 1.82) is 0 Å². The normalized spacial score (nSPS) is 18.9. The van der Waals surface area contributed by atoms with Crippen LogP contribution in [0.4, 0.5) is 0 Å². The summed E-state index contributed by atoms with van der Waals surface area (Å²) in [4.78, 5) is 0. The van der Waals surface area contributed by atoms with Gasteiger partial charge >= 0.3 is 23.1 Å². The zero-order valence-corrected chi connectivity index (χ0v) is 8.18. The van der Waals surface area contributed by atoms with E-state index >= 15 is 0 Å². The van der Waals surface area contributed by atoms with Crippen LogP contribution in [0.3, 0.4) is 0 Å². The Balaban J connectivity index is 0. The fourth-order valence-corrected chi connectivity index (χ4v) is 0.703. The Bertz CT molecular complexity index is 66.8. The standard InChI is InChI=1S/C6H11O2.ClH.Mg/c1-2-6-7-4-3-5-8-6;;/h6H,1-5H2;1H;/q-1;;+2/p-1. The molecule has 0 unspecified atom stereocenters. The molecular formula is C6H11ClMgO2. The first kappa shape index (κ1) is 13.6. The minimum atomic E-state index is -0.0243. The Morgan fingerprint density at radius 3 is 2.10 bits per heavy atom. The van der Waals surface area contributed by atoms with E-state index in [-0.39, 0.29) is 41.7 Å². The van der Waals surface area contributed by atoms with Gasteiger partial charge in [0.25, 0.3) is 0 Å². The van der Waals surface area contributed by atoms with Gasteiger partial charge in [-0.3, -0.25) is 0 Å². The van der Waals surface area contributed by atoms with Gasteiger partial charge in [-0.25, -0.2) is 0 Å². The second-order valence-corrected chi connectivity index (χ2v) is 1.81. The van der Waals surface area contributed by atoms with Crippen molar-refractivity contribution in [3.8, 4) is 0 Å². The molecule has 0 spiro atoms. The molecule has 0 bridgehead atoms. The minimum absolute atomic E-state index is 0. The fraction of sp³-hybridized carbons (Fsp3) is 0.833. The van der Waals surface area contributed by atoms with Crippen molar-refractivity contribution in [3.63, 3.8) is 0 Å². The van der Waals surface area contributed by atoms with Gasteiger partial charge in [0, 0.05) is 0 Å². The molecular weight excluding hydrogens is 164 g/mol. The van der Waals surface area contributed by atoms with Gasteiger partial charge in [-0.2, -0.15) is 0 Å². The van der Waals surface area contributed by atoms with Gasteiger partial charge in [0.05, 0.1) is 13.2 Å². The predicted molar refractivity (Wildman–Crippen MR) is 36.0 cm³/mol. The Morgan fingerprint density at radius 2 is 1.80 bits per heavy atom. The molecule has 0 aliphatic carbocycles. The van der Waals surface area contributed by atoms with E-state index in [4.69, 9.17) is 9.47 Å². The van der Waals surface area contributed by atoms with Crippen molar-refractivity contribution < 1.29 is 21.9 Å². The smallest absolute Gasteiger partial charge is 1.00 e.